The van der Waals surface area contributed by atoms with Gasteiger partial charge in [-0.3, -0.25) is 9.20 Å². The van der Waals surface area contributed by atoms with Gasteiger partial charge in [0.05, 0.1) is 28.4 Å². The maximum atomic E-state index is 13.3. The molecule has 4 aromatic heterocycles. The minimum atomic E-state index is -0.414. The van der Waals surface area contributed by atoms with Crippen molar-refractivity contribution in [2.75, 3.05) is 0 Å². The first-order chi connectivity index (χ1) is 15.0. The molecule has 1 N–H and O–H groups in total. The number of carbonyl (C=O) groups is 1. The Morgan fingerprint density at radius 2 is 1.97 bits per heavy atom. The van der Waals surface area contributed by atoms with Gasteiger partial charge in [0.2, 0.25) is 0 Å². The molecule has 0 bridgehead atoms. The van der Waals surface area contributed by atoms with E-state index in [0.717, 1.165) is 0 Å². The van der Waals surface area contributed by atoms with Crippen molar-refractivity contribution in [2.45, 2.75) is 19.9 Å². The van der Waals surface area contributed by atoms with Gasteiger partial charge in [-0.25, -0.2) is 9.37 Å². The molecule has 0 aliphatic rings. The van der Waals surface area contributed by atoms with E-state index >= 15 is 0 Å². The Balaban J connectivity index is 1.54. The first-order valence-corrected chi connectivity index (χ1v) is 9.65. The van der Waals surface area contributed by atoms with E-state index in [4.69, 9.17) is 4.52 Å². The molecule has 0 saturated carbocycles. The van der Waals surface area contributed by atoms with Crippen LogP contribution in [0.2, 0.25) is 0 Å². The zero-order valence-corrected chi connectivity index (χ0v) is 16.7. The number of nitrogens with one attached hydrogen (secondary N) is 1. The fourth-order valence-corrected chi connectivity index (χ4v) is 3.54. The van der Waals surface area contributed by atoms with Gasteiger partial charge in [-0.05, 0) is 56.3 Å². The van der Waals surface area contributed by atoms with Crippen LogP contribution in [0.4, 0.5) is 4.39 Å². The smallest absolute Gasteiger partial charge is 0.259 e. The number of amides is 1. The van der Waals surface area contributed by atoms with Crippen LogP contribution in [0.25, 0.3) is 28.0 Å². The molecule has 1 aromatic carbocycles. The Labute approximate surface area is 175 Å². The normalized spacial score (nSPS) is 12.4. The molecule has 1 amide bonds. The number of pyridine rings is 2. The van der Waals surface area contributed by atoms with Crippen LogP contribution in [0.15, 0.2) is 59.3 Å². The Morgan fingerprint density at radius 3 is 2.77 bits per heavy atom. The minimum absolute atomic E-state index is 0.241. The van der Waals surface area contributed by atoms with Gasteiger partial charge in [-0.15, -0.1) is 10.2 Å². The molecule has 0 spiro atoms. The summed E-state index contributed by atoms with van der Waals surface area (Å²) in [4.78, 5) is 17.7. The highest BCUT2D eigenvalue weighted by Gasteiger charge is 2.22. The second-order valence-corrected chi connectivity index (χ2v) is 7.19. The molecule has 5 aromatic rings. The molecule has 31 heavy (non-hydrogen) atoms. The molecular weight excluding hydrogens is 399 g/mol. The topological polar surface area (TPSA) is 98.2 Å². The van der Waals surface area contributed by atoms with E-state index < -0.39 is 6.04 Å². The van der Waals surface area contributed by atoms with Crippen LogP contribution < -0.4 is 5.32 Å². The van der Waals surface area contributed by atoms with E-state index in [1.165, 1.54) is 12.1 Å². The number of halogens is 1. The number of rotatable bonds is 4. The highest BCUT2D eigenvalue weighted by Crippen LogP contribution is 2.27. The average molecular weight is 416 g/mol. The van der Waals surface area contributed by atoms with Crippen LogP contribution in [0.3, 0.4) is 0 Å². The van der Waals surface area contributed by atoms with Crippen molar-refractivity contribution in [1.82, 2.24) is 30.1 Å². The summed E-state index contributed by atoms with van der Waals surface area (Å²) in [7, 11) is 0. The quantitative estimate of drug-likeness (QED) is 0.478. The number of fused-ring (bicyclic) bond motifs is 2. The monoisotopic (exact) mass is 416 g/mol. The van der Waals surface area contributed by atoms with Gasteiger partial charge < -0.3 is 9.84 Å². The van der Waals surface area contributed by atoms with E-state index in [-0.39, 0.29) is 17.4 Å². The molecule has 5 rings (SSSR count). The van der Waals surface area contributed by atoms with Crippen molar-refractivity contribution in [3.63, 3.8) is 0 Å². The summed E-state index contributed by atoms with van der Waals surface area (Å²) in [5.74, 6) is -0.0787. The van der Waals surface area contributed by atoms with Gasteiger partial charge in [0.25, 0.3) is 11.6 Å². The molecule has 0 aliphatic heterocycles. The number of hydrogen-bond donors (Lipinski definition) is 1. The number of carbonyl (C=O) groups excluding carboxylic acids is 1. The predicted octanol–water partition coefficient (Wildman–Crippen LogP) is 3.87. The van der Waals surface area contributed by atoms with Gasteiger partial charge in [0, 0.05) is 11.8 Å². The molecule has 4 heterocycles. The number of aryl methyl sites for hydroxylation is 1. The van der Waals surface area contributed by atoms with Gasteiger partial charge in [0.15, 0.2) is 11.5 Å². The van der Waals surface area contributed by atoms with Crippen LogP contribution >= 0.6 is 0 Å². The summed E-state index contributed by atoms with van der Waals surface area (Å²) in [6, 6.07) is 12.7. The largest absolute Gasteiger partial charge is 0.342 e. The second kappa shape index (κ2) is 7.28. The standard InChI is InChI=1S/C22H17FN6O2/c1-12-19-16(11-17(25-22(19)31-28-12)14-6-8-15(23)9-7-14)21(30)24-13(2)20-27-26-18-5-3-4-10-29(18)20/h3-11,13H,1-2H3,(H,24,30). The van der Waals surface area contributed by atoms with Gasteiger partial charge in [0.1, 0.15) is 5.82 Å². The van der Waals surface area contributed by atoms with E-state index in [9.17, 15) is 9.18 Å². The zero-order valence-electron chi connectivity index (χ0n) is 16.7. The van der Waals surface area contributed by atoms with Crippen LogP contribution in [-0.4, -0.2) is 30.6 Å². The third-order valence-electron chi connectivity index (χ3n) is 5.08. The molecule has 8 nitrogen and oxygen atoms in total. The lowest BCUT2D eigenvalue weighted by atomic mass is 10.0. The summed E-state index contributed by atoms with van der Waals surface area (Å²) in [5.41, 5.74) is 2.99. The Kier molecular flexibility index (Phi) is 4.43. The van der Waals surface area contributed by atoms with Crippen molar-refractivity contribution >= 4 is 22.7 Å². The van der Waals surface area contributed by atoms with E-state index in [1.807, 2.05) is 35.7 Å². The summed E-state index contributed by atoms with van der Waals surface area (Å²) in [6.45, 7) is 3.58. The molecule has 9 heteroatoms. The van der Waals surface area contributed by atoms with Crippen molar-refractivity contribution in [3.05, 3.63) is 77.6 Å². The fourth-order valence-electron chi connectivity index (χ4n) is 3.54. The number of nitrogens with zero attached hydrogens (tertiary/aromatic N) is 5. The maximum absolute atomic E-state index is 13.3. The SMILES string of the molecule is Cc1noc2nc(-c3ccc(F)cc3)cc(C(=O)NC(C)c3nnc4ccccn34)c12. The van der Waals surface area contributed by atoms with Gasteiger partial charge in [-0.1, -0.05) is 11.2 Å². The number of hydrogen-bond acceptors (Lipinski definition) is 6. The van der Waals surface area contributed by atoms with Crippen molar-refractivity contribution in [2.24, 2.45) is 0 Å². The Hall–Kier alpha value is -4.14. The third kappa shape index (κ3) is 3.29. The van der Waals surface area contributed by atoms with Gasteiger partial charge >= 0.3 is 0 Å². The molecule has 0 fully saturated rings. The van der Waals surface area contributed by atoms with Crippen molar-refractivity contribution in [3.8, 4) is 11.3 Å². The minimum Gasteiger partial charge on any atom is -0.342 e. The molecule has 0 aliphatic carbocycles. The fraction of sp³-hybridized carbons (Fsp3) is 0.136. The lowest BCUT2D eigenvalue weighted by Crippen LogP contribution is -2.28. The maximum Gasteiger partial charge on any atom is 0.259 e. The zero-order chi connectivity index (χ0) is 21.5. The Morgan fingerprint density at radius 1 is 1.16 bits per heavy atom. The van der Waals surface area contributed by atoms with E-state index in [1.54, 1.807) is 25.1 Å². The molecule has 0 saturated heterocycles. The van der Waals surface area contributed by atoms with Crippen molar-refractivity contribution < 1.29 is 13.7 Å². The summed E-state index contributed by atoms with van der Waals surface area (Å²) < 4.78 is 20.5. The van der Waals surface area contributed by atoms with E-state index in [2.05, 4.69) is 25.7 Å². The molecule has 1 atom stereocenters. The molecule has 154 valence electrons. The van der Waals surface area contributed by atoms with E-state index in [0.29, 0.717) is 39.4 Å². The second-order valence-electron chi connectivity index (χ2n) is 7.19. The summed E-state index contributed by atoms with van der Waals surface area (Å²) in [5, 5.41) is 15.8. The molecular formula is C22H17FN6O2. The van der Waals surface area contributed by atoms with Crippen LogP contribution in [0.1, 0.15) is 34.8 Å². The van der Waals surface area contributed by atoms with Gasteiger partial charge in [-0.2, -0.15) is 0 Å². The molecule has 1 unspecified atom stereocenters. The first-order valence-electron chi connectivity index (χ1n) is 9.65. The van der Waals surface area contributed by atoms with Crippen LogP contribution in [-0.2, 0) is 0 Å². The van der Waals surface area contributed by atoms with Crippen LogP contribution in [0, 0.1) is 12.7 Å². The first kappa shape index (κ1) is 18.9. The third-order valence-corrected chi connectivity index (χ3v) is 5.08. The summed E-state index contributed by atoms with van der Waals surface area (Å²) in [6.07, 6.45) is 1.84. The summed E-state index contributed by atoms with van der Waals surface area (Å²) >= 11 is 0. The predicted molar refractivity (Wildman–Crippen MR) is 111 cm³/mol. The highest BCUT2D eigenvalue weighted by molar-refractivity contribution is 6.07. The average Bonchev–Trinajstić information content (AvgIpc) is 3.37. The van der Waals surface area contributed by atoms with Crippen LogP contribution in [0.5, 0.6) is 0 Å². The number of aromatic nitrogens is 5. The van der Waals surface area contributed by atoms with Crippen molar-refractivity contribution in [1.29, 1.82) is 0 Å². The molecule has 0 radical (unpaired) electrons. The lowest BCUT2D eigenvalue weighted by Gasteiger charge is -2.13. The Bertz CT molecular complexity index is 1420. The highest BCUT2D eigenvalue weighted by atomic mass is 19.1. The number of benzene rings is 1. The lowest BCUT2D eigenvalue weighted by molar-refractivity contribution is 0.0939.